The summed E-state index contributed by atoms with van der Waals surface area (Å²) in [6.07, 6.45) is 15.9. The fourth-order valence-corrected chi connectivity index (χ4v) is 5.59. The fourth-order valence-electron chi connectivity index (χ4n) is 5.59. The molecule has 22 heavy (non-hydrogen) atoms. The van der Waals surface area contributed by atoms with Crippen LogP contribution in [0, 0.1) is 35.6 Å². The predicted molar refractivity (Wildman–Crippen MR) is 88.3 cm³/mol. The molecule has 4 aliphatic carbocycles. The van der Waals surface area contributed by atoms with Crippen LogP contribution in [0.2, 0.25) is 0 Å². The van der Waals surface area contributed by atoms with Gasteiger partial charge in [0.05, 0.1) is 6.61 Å². The van der Waals surface area contributed by atoms with Gasteiger partial charge in [-0.1, -0.05) is 6.42 Å². The van der Waals surface area contributed by atoms with Crippen LogP contribution in [-0.4, -0.2) is 24.3 Å². The van der Waals surface area contributed by atoms with Gasteiger partial charge in [0.15, 0.2) is 0 Å². The zero-order valence-electron chi connectivity index (χ0n) is 13.4. The number of aliphatic hydroxyl groups is 1. The lowest BCUT2D eigenvalue weighted by molar-refractivity contribution is -0.0530. The van der Waals surface area contributed by atoms with Gasteiger partial charge in [0.1, 0.15) is 0 Å². The van der Waals surface area contributed by atoms with Gasteiger partial charge in [0, 0.05) is 36.9 Å². The molecule has 5 N–H and O–H groups in total. The molecule has 4 aliphatic rings. The highest BCUT2D eigenvalue weighted by Crippen LogP contribution is 2.59. The number of nitrogens with one attached hydrogen (secondary N) is 2. The first kappa shape index (κ1) is 15.7. The number of rotatable bonds is 7. The average molecular weight is 303 g/mol. The van der Waals surface area contributed by atoms with Gasteiger partial charge in [-0.05, 0) is 61.7 Å². The van der Waals surface area contributed by atoms with Crippen LogP contribution in [0.1, 0.15) is 44.9 Å². The van der Waals surface area contributed by atoms with Crippen LogP contribution in [0.25, 0.3) is 0 Å². The van der Waals surface area contributed by atoms with Gasteiger partial charge in [-0.3, -0.25) is 0 Å². The Balaban J connectivity index is 1.55. The number of hydrogen-bond donors (Lipinski definition) is 4. The Morgan fingerprint density at radius 2 is 1.86 bits per heavy atom. The maximum Gasteiger partial charge on any atom is 0.0588 e. The van der Waals surface area contributed by atoms with Crippen molar-refractivity contribution in [2.24, 2.45) is 28.9 Å². The molecule has 0 saturated heterocycles. The molecular formula is C18H29N3O. The quantitative estimate of drug-likeness (QED) is 0.425. The monoisotopic (exact) mass is 303 g/mol. The Labute approximate surface area is 133 Å². The molecule has 0 spiro atoms. The van der Waals surface area contributed by atoms with E-state index in [-0.39, 0.29) is 12.6 Å². The highest BCUT2D eigenvalue weighted by Gasteiger charge is 2.50. The SMILES string of the molecule is C#CN/C(=C\N)C[C@@H](CO)NCC12CC3CC(CC(C3)C1)C2. The van der Waals surface area contributed by atoms with E-state index in [1.54, 1.807) is 0 Å². The summed E-state index contributed by atoms with van der Waals surface area (Å²) >= 11 is 0. The highest BCUT2D eigenvalue weighted by molar-refractivity contribution is 5.07. The van der Waals surface area contributed by atoms with Crippen LogP contribution in [0.5, 0.6) is 0 Å². The molecular weight excluding hydrogens is 274 g/mol. The molecule has 0 aliphatic heterocycles. The molecule has 0 amide bonds. The molecule has 1 atom stereocenters. The zero-order chi connectivity index (χ0) is 15.6. The average Bonchev–Trinajstić information content (AvgIpc) is 2.49. The summed E-state index contributed by atoms with van der Waals surface area (Å²) in [6, 6.07) is 2.41. The molecule has 4 saturated carbocycles. The normalized spacial score (nSPS) is 37.8. The standard InChI is InChI=1S/C18H29N3O/c1-2-20-16(10-19)6-17(11-22)21-12-18-7-13-3-14(8-18)5-15(4-13)9-18/h1,10,13-15,17,20-22H,3-9,11-12,19H2/b16-10-/t13?,14?,15?,17-,18?/m0/s1. The fraction of sp³-hybridized carbons (Fsp3) is 0.778. The molecule has 0 heterocycles. The van der Waals surface area contributed by atoms with Crippen LogP contribution in [0.4, 0.5) is 0 Å². The highest BCUT2D eigenvalue weighted by atomic mass is 16.3. The third kappa shape index (κ3) is 3.26. The lowest BCUT2D eigenvalue weighted by atomic mass is 9.49. The molecule has 4 rings (SSSR count). The molecule has 0 radical (unpaired) electrons. The zero-order valence-corrected chi connectivity index (χ0v) is 13.4. The summed E-state index contributed by atoms with van der Waals surface area (Å²) in [5.74, 6) is 2.88. The summed E-state index contributed by atoms with van der Waals surface area (Å²) in [7, 11) is 0. The first-order chi connectivity index (χ1) is 10.7. The van der Waals surface area contributed by atoms with Crippen molar-refractivity contribution in [2.45, 2.75) is 51.0 Å². The summed E-state index contributed by atoms with van der Waals surface area (Å²) in [5.41, 5.74) is 6.85. The minimum atomic E-state index is 0.0173. The lowest BCUT2D eigenvalue weighted by Gasteiger charge is -2.57. The summed E-state index contributed by atoms with van der Waals surface area (Å²) in [4.78, 5) is 0. The van der Waals surface area contributed by atoms with Crippen molar-refractivity contribution in [3.63, 3.8) is 0 Å². The van der Waals surface area contributed by atoms with Crippen molar-refractivity contribution in [3.05, 3.63) is 11.9 Å². The second-order valence-corrected chi connectivity index (χ2v) is 7.84. The number of hydrogen-bond acceptors (Lipinski definition) is 4. The first-order valence-electron chi connectivity index (χ1n) is 8.63. The van der Waals surface area contributed by atoms with E-state index in [0.717, 1.165) is 30.0 Å². The van der Waals surface area contributed by atoms with Crippen LogP contribution >= 0.6 is 0 Å². The van der Waals surface area contributed by atoms with E-state index < -0.39 is 0 Å². The molecule has 4 heteroatoms. The maximum atomic E-state index is 9.64. The lowest BCUT2D eigenvalue weighted by Crippen LogP contribution is -2.52. The molecule has 0 aromatic carbocycles. The van der Waals surface area contributed by atoms with Gasteiger partial charge in [-0.25, -0.2) is 0 Å². The minimum Gasteiger partial charge on any atom is -0.403 e. The second-order valence-electron chi connectivity index (χ2n) is 7.84. The smallest absolute Gasteiger partial charge is 0.0588 e. The van der Waals surface area contributed by atoms with E-state index in [1.807, 2.05) is 0 Å². The topological polar surface area (TPSA) is 70.3 Å². The van der Waals surface area contributed by atoms with Gasteiger partial charge in [0.2, 0.25) is 0 Å². The second kappa shape index (κ2) is 6.52. The Bertz CT molecular complexity index is 430. The largest absolute Gasteiger partial charge is 0.403 e. The molecule has 122 valence electrons. The number of nitrogens with two attached hydrogens (primary N) is 1. The van der Waals surface area contributed by atoms with Gasteiger partial charge >= 0.3 is 0 Å². The predicted octanol–water partition coefficient (Wildman–Crippen LogP) is 1.52. The van der Waals surface area contributed by atoms with Gasteiger partial charge in [-0.15, -0.1) is 0 Å². The van der Waals surface area contributed by atoms with Crippen LogP contribution in [-0.2, 0) is 0 Å². The molecule has 0 unspecified atom stereocenters. The van der Waals surface area contributed by atoms with E-state index >= 15 is 0 Å². The number of terminal acetylenes is 1. The van der Waals surface area contributed by atoms with E-state index in [2.05, 4.69) is 16.7 Å². The van der Waals surface area contributed by atoms with Crippen LogP contribution in [0.3, 0.4) is 0 Å². The molecule has 0 aromatic rings. The van der Waals surface area contributed by atoms with Crippen molar-refractivity contribution < 1.29 is 5.11 Å². The molecule has 0 aromatic heterocycles. The van der Waals surface area contributed by atoms with Gasteiger partial charge in [-0.2, -0.15) is 0 Å². The third-order valence-corrected chi connectivity index (χ3v) is 6.05. The van der Waals surface area contributed by atoms with Gasteiger partial charge in [0.25, 0.3) is 0 Å². The molecule has 4 nitrogen and oxygen atoms in total. The molecule has 4 bridgehead atoms. The Morgan fingerprint density at radius 1 is 1.27 bits per heavy atom. The van der Waals surface area contributed by atoms with Crippen molar-refractivity contribution in [1.82, 2.24) is 10.6 Å². The number of aliphatic hydroxyl groups excluding tert-OH is 1. The van der Waals surface area contributed by atoms with Crippen LogP contribution < -0.4 is 16.4 Å². The summed E-state index contributed by atoms with van der Waals surface area (Å²) in [6.45, 7) is 1.13. The minimum absolute atomic E-state index is 0.0173. The van der Waals surface area contributed by atoms with E-state index in [1.165, 1.54) is 44.7 Å². The maximum absolute atomic E-state index is 9.64. The van der Waals surface area contributed by atoms with Crippen molar-refractivity contribution in [3.8, 4) is 12.5 Å². The Hall–Kier alpha value is -1.18. The van der Waals surface area contributed by atoms with E-state index in [4.69, 9.17) is 12.2 Å². The van der Waals surface area contributed by atoms with Gasteiger partial charge < -0.3 is 21.5 Å². The first-order valence-corrected chi connectivity index (χ1v) is 8.63. The molecule has 4 fully saturated rings. The Morgan fingerprint density at radius 3 is 2.32 bits per heavy atom. The summed E-state index contributed by atoms with van der Waals surface area (Å²) in [5, 5.41) is 16.0. The third-order valence-electron chi connectivity index (χ3n) is 6.05. The van der Waals surface area contributed by atoms with Crippen molar-refractivity contribution in [2.75, 3.05) is 13.2 Å². The van der Waals surface area contributed by atoms with Crippen LogP contribution in [0.15, 0.2) is 11.9 Å². The van der Waals surface area contributed by atoms with Crippen molar-refractivity contribution >= 4 is 0 Å². The van der Waals surface area contributed by atoms with E-state index in [0.29, 0.717) is 11.8 Å². The summed E-state index contributed by atoms with van der Waals surface area (Å²) < 4.78 is 0. The van der Waals surface area contributed by atoms with Crippen molar-refractivity contribution in [1.29, 1.82) is 0 Å². The Kier molecular flexibility index (Phi) is 4.65. The van der Waals surface area contributed by atoms with E-state index in [9.17, 15) is 5.11 Å².